The van der Waals surface area contributed by atoms with E-state index in [1.165, 1.54) is 25.7 Å². The summed E-state index contributed by atoms with van der Waals surface area (Å²) in [5, 5.41) is 6.79. The highest BCUT2D eigenvalue weighted by molar-refractivity contribution is 14.0. The van der Waals surface area contributed by atoms with Crippen LogP contribution in [0.1, 0.15) is 46.5 Å². The summed E-state index contributed by atoms with van der Waals surface area (Å²) in [7, 11) is 3.96. The largest absolute Gasteiger partial charge is 0.355 e. The summed E-state index contributed by atoms with van der Waals surface area (Å²) >= 11 is 0. The number of aliphatic imine (C=N–C) groups is 1. The Morgan fingerprint density at radius 3 is 2.47 bits per heavy atom. The monoisotopic (exact) mass is 384 g/mol. The van der Waals surface area contributed by atoms with Gasteiger partial charge in [0.2, 0.25) is 0 Å². The number of hydrogen-bond donors (Lipinski definition) is 2. The molecule has 0 heterocycles. The summed E-state index contributed by atoms with van der Waals surface area (Å²) in [5.41, 5.74) is 0. The van der Waals surface area contributed by atoms with Gasteiger partial charge < -0.3 is 15.5 Å². The molecular weight excluding hydrogens is 351 g/mol. The minimum Gasteiger partial charge on any atom is -0.355 e. The van der Waals surface area contributed by atoms with Crippen molar-refractivity contribution in [2.45, 2.75) is 52.5 Å². The predicted molar refractivity (Wildman–Crippen MR) is 96.7 cm³/mol. The maximum Gasteiger partial charge on any atom is 0.191 e. The van der Waals surface area contributed by atoms with Gasteiger partial charge in [-0.1, -0.05) is 33.1 Å². The average Bonchev–Trinajstić information content (AvgIpc) is 2.37. The molecule has 2 N–H and O–H groups in total. The highest BCUT2D eigenvalue weighted by Crippen LogP contribution is 2.02. The molecule has 4 nitrogen and oxygen atoms in total. The minimum absolute atomic E-state index is 0. The Hall–Kier alpha value is -0.0400. The molecule has 0 radical (unpaired) electrons. The lowest BCUT2D eigenvalue weighted by molar-refractivity contribution is 0.356. The summed E-state index contributed by atoms with van der Waals surface area (Å²) in [6, 6.07) is 0.492. The molecule has 0 rings (SSSR count). The van der Waals surface area contributed by atoms with Crippen molar-refractivity contribution < 1.29 is 0 Å². The lowest BCUT2D eigenvalue weighted by atomic mass is 10.1. The molecule has 1 atom stereocenters. The van der Waals surface area contributed by atoms with Gasteiger partial charge in [-0.05, 0) is 26.9 Å². The first-order valence-electron chi connectivity index (χ1n) is 7.29. The van der Waals surface area contributed by atoms with Crippen LogP contribution in [0.3, 0.4) is 0 Å². The Morgan fingerprint density at radius 1 is 1.26 bits per heavy atom. The topological polar surface area (TPSA) is 39.7 Å². The Labute approximate surface area is 136 Å². The van der Waals surface area contributed by atoms with Crippen LogP contribution in [-0.2, 0) is 0 Å². The highest BCUT2D eigenvalue weighted by Gasteiger charge is 2.04. The van der Waals surface area contributed by atoms with Gasteiger partial charge >= 0.3 is 0 Å². The van der Waals surface area contributed by atoms with E-state index < -0.39 is 0 Å². The van der Waals surface area contributed by atoms with Gasteiger partial charge in [0.05, 0.1) is 0 Å². The normalized spacial score (nSPS) is 13.1. The molecule has 116 valence electrons. The first-order valence-corrected chi connectivity index (χ1v) is 7.29. The molecule has 19 heavy (non-hydrogen) atoms. The van der Waals surface area contributed by atoms with Crippen molar-refractivity contribution in [2.24, 2.45) is 4.99 Å². The van der Waals surface area contributed by atoms with Gasteiger partial charge in [-0.3, -0.25) is 4.99 Å². The molecule has 0 aromatic heterocycles. The van der Waals surface area contributed by atoms with Crippen LogP contribution in [-0.4, -0.2) is 50.6 Å². The van der Waals surface area contributed by atoms with Crippen LogP contribution in [0.25, 0.3) is 0 Å². The summed E-state index contributed by atoms with van der Waals surface area (Å²) in [6.07, 6.45) is 5.10. The standard InChI is InChI=1S/C14H32N4.HI/c1-6-8-9-10-13(3)17-14(15-4)16-11-12-18(5)7-2;/h13H,6-12H2,1-5H3,(H2,15,16,17);1H. The van der Waals surface area contributed by atoms with E-state index in [4.69, 9.17) is 0 Å². The molecule has 0 aliphatic heterocycles. The maximum atomic E-state index is 4.25. The number of guanidine groups is 1. The van der Waals surface area contributed by atoms with E-state index in [0.717, 1.165) is 25.6 Å². The summed E-state index contributed by atoms with van der Waals surface area (Å²) in [5.74, 6) is 0.920. The fraction of sp³-hybridized carbons (Fsp3) is 0.929. The average molecular weight is 384 g/mol. The molecule has 0 spiro atoms. The zero-order chi connectivity index (χ0) is 13.8. The Balaban J connectivity index is 0. The number of nitrogens with one attached hydrogen (secondary N) is 2. The van der Waals surface area contributed by atoms with Crippen molar-refractivity contribution in [3.63, 3.8) is 0 Å². The molecule has 0 saturated carbocycles. The first kappa shape index (κ1) is 21.3. The van der Waals surface area contributed by atoms with Crippen LogP contribution in [0.15, 0.2) is 4.99 Å². The van der Waals surface area contributed by atoms with Crippen LogP contribution in [0.5, 0.6) is 0 Å². The molecule has 0 aromatic carbocycles. The summed E-state index contributed by atoms with van der Waals surface area (Å²) in [4.78, 5) is 6.54. The van der Waals surface area contributed by atoms with Gasteiger partial charge in [0.15, 0.2) is 5.96 Å². The molecule has 0 saturated heterocycles. The minimum atomic E-state index is 0. The van der Waals surface area contributed by atoms with E-state index in [1.807, 2.05) is 7.05 Å². The van der Waals surface area contributed by atoms with E-state index in [-0.39, 0.29) is 24.0 Å². The molecule has 0 aromatic rings. The third-order valence-corrected chi connectivity index (χ3v) is 3.17. The quantitative estimate of drug-likeness (QED) is 0.278. The van der Waals surface area contributed by atoms with Crippen molar-refractivity contribution in [3.8, 4) is 0 Å². The molecule has 0 amide bonds. The van der Waals surface area contributed by atoms with Crippen LogP contribution < -0.4 is 10.6 Å². The smallest absolute Gasteiger partial charge is 0.191 e. The Kier molecular flexibility index (Phi) is 16.1. The van der Waals surface area contributed by atoms with Crippen molar-refractivity contribution in [2.75, 3.05) is 33.7 Å². The van der Waals surface area contributed by atoms with Crippen molar-refractivity contribution >= 4 is 29.9 Å². The van der Waals surface area contributed by atoms with Gasteiger partial charge in [-0.25, -0.2) is 0 Å². The van der Waals surface area contributed by atoms with E-state index in [1.54, 1.807) is 0 Å². The zero-order valence-corrected chi connectivity index (χ0v) is 15.7. The van der Waals surface area contributed by atoms with Gasteiger partial charge in [0, 0.05) is 26.2 Å². The van der Waals surface area contributed by atoms with E-state index in [2.05, 4.69) is 48.3 Å². The summed E-state index contributed by atoms with van der Waals surface area (Å²) < 4.78 is 0. The van der Waals surface area contributed by atoms with Crippen LogP contribution in [0.2, 0.25) is 0 Å². The molecule has 5 heteroatoms. The predicted octanol–water partition coefficient (Wildman–Crippen LogP) is 2.69. The second kappa shape index (κ2) is 14.4. The van der Waals surface area contributed by atoms with Gasteiger partial charge in [0.25, 0.3) is 0 Å². The van der Waals surface area contributed by atoms with Crippen molar-refractivity contribution in [1.29, 1.82) is 0 Å². The van der Waals surface area contributed by atoms with Gasteiger partial charge in [-0.15, -0.1) is 24.0 Å². The molecule has 0 aliphatic carbocycles. The zero-order valence-electron chi connectivity index (χ0n) is 13.3. The molecule has 0 aliphatic rings. The van der Waals surface area contributed by atoms with Gasteiger partial charge in [0.1, 0.15) is 0 Å². The van der Waals surface area contributed by atoms with Crippen molar-refractivity contribution in [1.82, 2.24) is 15.5 Å². The third kappa shape index (κ3) is 12.7. The van der Waals surface area contributed by atoms with E-state index >= 15 is 0 Å². The summed E-state index contributed by atoms with van der Waals surface area (Å²) in [6.45, 7) is 9.70. The van der Waals surface area contributed by atoms with Crippen LogP contribution >= 0.6 is 24.0 Å². The molecule has 0 bridgehead atoms. The fourth-order valence-corrected chi connectivity index (χ4v) is 1.72. The van der Waals surface area contributed by atoms with E-state index in [9.17, 15) is 0 Å². The highest BCUT2D eigenvalue weighted by atomic mass is 127. The second-order valence-corrected chi connectivity index (χ2v) is 4.94. The van der Waals surface area contributed by atoms with Gasteiger partial charge in [-0.2, -0.15) is 0 Å². The number of hydrogen-bond acceptors (Lipinski definition) is 2. The maximum absolute atomic E-state index is 4.25. The molecule has 1 unspecified atom stereocenters. The number of rotatable bonds is 9. The van der Waals surface area contributed by atoms with Crippen molar-refractivity contribution in [3.05, 3.63) is 0 Å². The Bertz CT molecular complexity index is 221. The first-order chi connectivity index (χ1) is 8.63. The number of nitrogens with zero attached hydrogens (tertiary/aromatic N) is 2. The van der Waals surface area contributed by atoms with Crippen LogP contribution in [0.4, 0.5) is 0 Å². The second-order valence-electron chi connectivity index (χ2n) is 4.94. The molecule has 0 fully saturated rings. The van der Waals surface area contributed by atoms with E-state index in [0.29, 0.717) is 6.04 Å². The number of halogens is 1. The lowest BCUT2D eigenvalue weighted by Crippen LogP contribution is -2.44. The fourth-order valence-electron chi connectivity index (χ4n) is 1.72. The third-order valence-electron chi connectivity index (χ3n) is 3.17. The number of unbranched alkanes of at least 4 members (excludes halogenated alkanes) is 2. The Morgan fingerprint density at radius 2 is 1.95 bits per heavy atom. The van der Waals surface area contributed by atoms with Crippen LogP contribution in [0, 0.1) is 0 Å². The lowest BCUT2D eigenvalue weighted by Gasteiger charge is -2.19. The number of likely N-dealkylation sites (N-methyl/N-ethyl adjacent to an activating group) is 1. The SMILES string of the molecule is CCCCCC(C)NC(=NC)NCCN(C)CC.I. The molecular formula is C14H33IN4.